The summed E-state index contributed by atoms with van der Waals surface area (Å²) in [5, 5.41) is 4.04. The summed E-state index contributed by atoms with van der Waals surface area (Å²) in [6.07, 6.45) is 2.49. The Bertz CT molecular complexity index is 391. The van der Waals surface area contributed by atoms with E-state index in [1.165, 1.54) is 11.5 Å². The molecule has 16 heavy (non-hydrogen) atoms. The maximum absolute atomic E-state index is 5.55. The highest BCUT2D eigenvalue weighted by molar-refractivity contribution is 7.09. The zero-order valence-corrected chi connectivity index (χ0v) is 9.61. The van der Waals surface area contributed by atoms with E-state index in [-0.39, 0.29) is 0 Å². The Hall–Kier alpha value is -1.62. The van der Waals surface area contributed by atoms with Crippen molar-refractivity contribution in [1.29, 1.82) is 0 Å². The average Bonchev–Trinajstić information content (AvgIpc) is 2.83. The molecule has 4 nitrogen and oxygen atoms in total. The predicted octanol–water partition coefficient (Wildman–Crippen LogP) is 2.42. The highest BCUT2D eigenvalue weighted by Crippen LogP contribution is 2.09. The number of hydrogen-bond donors (Lipinski definition) is 1. The molecule has 0 aliphatic carbocycles. The zero-order chi connectivity index (χ0) is 11.1. The van der Waals surface area contributed by atoms with Crippen LogP contribution in [-0.4, -0.2) is 22.5 Å². The summed E-state index contributed by atoms with van der Waals surface area (Å²) >= 11 is 1.36. The van der Waals surface area contributed by atoms with E-state index in [1.54, 1.807) is 6.33 Å². The van der Waals surface area contributed by atoms with Crippen molar-refractivity contribution in [2.75, 3.05) is 18.5 Å². The van der Waals surface area contributed by atoms with Crippen LogP contribution in [0.15, 0.2) is 36.7 Å². The van der Waals surface area contributed by atoms with E-state index in [9.17, 15) is 0 Å². The molecule has 1 heterocycles. The van der Waals surface area contributed by atoms with Gasteiger partial charge in [0.2, 0.25) is 5.13 Å². The molecule has 0 saturated heterocycles. The van der Waals surface area contributed by atoms with Crippen LogP contribution in [0.3, 0.4) is 0 Å². The van der Waals surface area contributed by atoms with Crippen LogP contribution in [-0.2, 0) is 0 Å². The van der Waals surface area contributed by atoms with E-state index in [4.69, 9.17) is 4.74 Å². The number of ether oxygens (including phenoxy) is 1. The minimum Gasteiger partial charge on any atom is -0.494 e. The number of anilines is 1. The number of aromatic nitrogens is 2. The van der Waals surface area contributed by atoms with Crippen molar-refractivity contribution < 1.29 is 4.74 Å². The molecule has 0 amide bonds. The normalized spacial score (nSPS) is 10.0. The fourth-order valence-electron chi connectivity index (χ4n) is 1.23. The molecule has 0 unspecified atom stereocenters. The lowest BCUT2D eigenvalue weighted by atomic mass is 10.3. The molecular formula is C11H13N3OS. The highest BCUT2D eigenvalue weighted by atomic mass is 32.1. The molecule has 0 fully saturated rings. The third-order valence-corrected chi connectivity index (χ3v) is 2.59. The van der Waals surface area contributed by atoms with Gasteiger partial charge in [0.1, 0.15) is 12.1 Å². The molecule has 0 aliphatic heterocycles. The van der Waals surface area contributed by atoms with Crippen LogP contribution in [0.4, 0.5) is 5.13 Å². The Morgan fingerprint density at radius 1 is 1.25 bits per heavy atom. The lowest BCUT2D eigenvalue weighted by Crippen LogP contribution is -2.06. The second kappa shape index (κ2) is 6.07. The van der Waals surface area contributed by atoms with Crippen LogP contribution >= 0.6 is 11.5 Å². The Morgan fingerprint density at radius 3 is 2.88 bits per heavy atom. The number of nitrogens with zero attached hydrogens (tertiary/aromatic N) is 2. The standard InChI is InChI=1S/C11H13N3OS/c1-2-5-10(6-3-1)15-8-4-7-12-11-13-9-14-16-11/h1-3,5-6,9H,4,7-8H2,(H,12,13,14). The van der Waals surface area contributed by atoms with Gasteiger partial charge < -0.3 is 10.1 Å². The molecule has 1 aromatic heterocycles. The Labute approximate surface area is 98.5 Å². The van der Waals surface area contributed by atoms with Crippen molar-refractivity contribution in [3.8, 4) is 5.75 Å². The molecule has 84 valence electrons. The van der Waals surface area contributed by atoms with Gasteiger partial charge in [0.15, 0.2) is 0 Å². The topological polar surface area (TPSA) is 47.0 Å². The first-order valence-corrected chi connectivity index (χ1v) is 5.91. The quantitative estimate of drug-likeness (QED) is 0.781. The van der Waals surface area contributed by atoms with Crippen molar-refractivity contribution >= 4 is 16.7 Å². The van der Waals surface area contributed by atoms with E-state index >= 15 is 0 Å². The van der Waals surface area contributed by atoms with Crippen molar-refractivity contribution in [3.63, 3.8) is 0 Å². The van der Waals surface area contributed by atoms with Gasteiger partial charge in [0.25, 0.3) is 0 Å². The first-order chi connectivity index (χ1) is 7.95. The molecular weight excluding hydrogens is 222 g/mol. The van der Waals surface area contributed by atoms with Crippen LogP contribution in [0.2, 0.25) is 0 Å². The van der Waals surface area contributed by atoms with Crippen molar-refractivity contribution in [1.82, 2.24) is 9.36 Å². The number of para-hydroxylation sites is 1. The van der Waals surface area contributed by atoms with Crippen LogP contribution < -0.4 is 10.1 Å². The Balaban J connectivity index is 1.59. The summed E-state index contributed by atoms with van der Waals surface area (Å²) in [4.78, 5) is 4.03. The minimum atomic E-state index is 0.704. The molecule has 5 heteroatoms. The Morgan fingerprint density at radius 2 is 2.12 bits per heavy atom. The molecule has 0 spiro atoms. The largest absolute Gasteiger partial charge is 0.494 e. The molecule has 0 aliphatic rings. The predicted molar refractivity (Wildman–Crippen MR) is 65.0 cm³/mol. The third-order valence-electron chi connectivity index (χ3n) is 1.97. The van der Waals surface area contributed by atoms with E-state index < -0.39 is 0 Å². The van der Waals surface area contributed by atoms with Gasteiger partial charge in [0.05, 0.1) is 6.61 Å². The lowest BCUT2D eigenvalue weighted by Gasteiger charge is -2.05. The zero-order valence-electron chi connectivity index (χ0n) is 8.80. The lowest BCUT2D eigenvalue weighted by molar-refractivity contribution is 0.315. The SMILES string of the molecule is c1ccc(OCCCNc2ncns2)cc1. The molecule has 2 aromatic rings. The van der Waals surface area contributed by atoms with Gasteiger partial charge in [-0.25, -0.2) is 4.98 Å². The maximum atomic E-state index is 5.55. The minimum absolute atomic E-state index is 0.704. The molecule has 2 rings (SSSR count). The average molecular weight is 235 g/mol. The monoisotopic (exact) mass is 235 g/mol. The number of nitrogens with one attached hydrogen (secondary N) is 1. The highest BCUT2D eigenvalue weighted by Gasteiger charge is 1.95. The van der Waals surface area contributed by atoms with Crippen LogP contribution in [0, 0.1) is 0 Å². The number of rotatable bonds is 6. The first kappa shape index (κ1) is 10.9. The van der Waals surface area contributed by atoms with E-state index in [2.05, 4.69) is 14.7 Å². The molecule has 1 aromatic carbocycles. The summed E-state index contributed by atoms with van der Waals surface area (Å²) < 4.78 is 9.46. The molecule has 1 N–H and O–H groups in total. The maximum Gasteiger partial charge on any atom is 0.202 e. The summed E-state index contributed by atoms with van der Waals surface area (Å²) in [6, 6.07) is 9.82. The molecule has 0 atom stereocenters. The van der Waals surface area contributed by atoms with Gasteiger partial charge in [-0.1, -0.05) is 18.2 Å². The van der Waals surface area contributed by atoms with Gasteiger partial charge in [-0.05, 0) is 18.6 Å². The van der Waals surface area contributed by atoms with Crippen LogP contribution in [0.5, 0.6) is 5.75 Å². The number of hydrogen-bond acceptors (Lipinski definition) is 5. The molecule has 0 bridgehead atoms. The van der Waals surface area contributed by atoms with Crippen molar-refractivity contribution in [3.05, 3.63) is 36.7 Å². The first-order valence-electron chi connectivity index (χ1n) is 5.13. The van der Waals surface area contributed by atoms with Crippen molar-refractivity contribution in [2.24, 2.45) is 0 Å². The van der Waals surface area contributed by atoms with E-state index in [0.29, 0.717) is 6.61 Å². The van der Waals surface area contributed by atoms with Crippen LogP contribution in [0.1, 0.15) is 6.42 Å². The van der Waals surface area contributed by atoms with E-state index in [0.717, 1.165) is 23.8 Å². The summed E-state index contributed by atoms with van der Waals surface area (Å²) in [5.41, 5.74) is 0. The smallest absolute Gasteiger partial charge is 0.202 e. The van der Waals surface area contributed by atoms with Gasteiger partial charge in [-0.15, -0.1) is 0 Å². The second-order valence-electron chi connectivity index (χ2n) is 3.19. The fourth-order valence-corrected chi connectivity index (χ4v) is 1.68. The van der Waals surface area contributed by atoms with Gasteiger partial charge >= 0.3 is 0 Å². The van der Waals surface area contributed by atoms with Crippen LogP contribution in [0.25, 0.3) is 0 Å². The third kappa shape index (κ3) is 3.51. The van der Waals surface area contributed by atoms with Gasteiger partial charge in [-0.2, -0.15) is 4.37 Å². The Kier molecular flexibility index (Phi) is 4.13. The fraction of sp³-hybridized carbons (Fsp3) is 0.273. The van der Waals surface area contributed by atoms with Gasteiger partial charge in [-0.3, -0.25) is 0 Å². The molecule has 0 saturated carbocycles. The van der Waals surface area contributed by atoms with Gasteiger partial charge in [0, 0.05) is 18.1 Å². The second-order valence-corrected chi connectivity index (χ2v) is 3.97. The number of benzene rings is 1. The summed E-state index contributed by atoms with van der Waals surface area (Å²) in [7, 11) is 0. The summed E-state index contributed by atoms with van der Waals surface area (Å²) in [6.45, 7) is 1.55. The van der Waals surface area contributed by atoms with E-state index in [1.807, 2.05) is 30.3 Å². The molecule has 0 radical (unpaired) electrons. The van der Waals surface area contributed by atoms with Crippen molar-refractivity contribution in [2.45, 2.75) is 6.42 Å². The summed E-state index contributed by atoms with van der Waals surface area (Å²) in [5.74, 6) is 0.915.